The highest BCUT2D eigenvalue weighted by atomic mass is 32.2. The van der Waals surface area contributed by atoms with Gasteiger partial charge in [-0.1, -0.05) is 35.9 Å². The number of sulfonamides is 1. The Kier molecular flexibility index (Phi) is 6.71. The zero-order valence-corrected chi connectivity index (χ0v) is 19.6. The second-order valence-electron chi connectivity index (χ2n) is 8.78. The van der Waals surface area contributed by atoms with Gasteiger partial charge in [-0.25, -0.2) is 13.2 Å². The van der Waals surface area contributed by atoms with Crippen molar-refractivity contribution >= 4 is 21.7 Å². The van der Waals surface area contributed by atoms with Gasteiger partial charge in [0.2, 0.25) is 10.0 Å². The number of carbonyl (C=O) groups is 1. The predicted molar refractivity (Wildman–Crippen MR) is 126 cm³/mol. The summed E-state index contributed by atoms with van der Waals surface area (Å²) in [6, 6.07) is 15.6. The fourth-order valence-electron chi connectivity index (χ4n) is 4.58. The lowest BCUT2D eigenvalue weighted by Gasteiger charge is -2.34. The van der Waals surface area contributed by atoms with Gasteiger partial charge in [-0.3, -0.25) is 0 Å². The molecule has 1 unspecified atom stereocenters. The van der Waals surface area contributed by atoms with Gasteiger partial charge in [-0.15, -0.1) is 0 Å². The van der Waals surface area contributed by atoms with Crippen LogP contribution < -0.4 is 10.2 Å². The number of piperazine rings is 1. The normalized spacial score (nSPS) is 19.9. The summed E-state index contributed by atoms with van der Waals surface area (Å²) in [6.45, 7) is 7.78. The fraction of sp³-hybridized carbons (Fsp3) is 0.458. The van der Waals surface area contributed by atoms with E-state index in [-0.39, 0.29) is 6.03 Å². The minimum Gasteiger partial charge on any atom is -0.371 e. The van der Waals surface area contributed by atoms with Crippen LogP contribution in [0.5, 0.6) is 0 Å². The van der Waals surface area contributed by atoms with E-state index in [1.54, 1.807) is 11.0 Å². The molecule has 172 valence electrons. The van der Waals surface area contributed by atoms with E-state index < -0.39 is 10.0 Å². The van der Waals surface area contributed by atoms with Crippen LogP contribution in [-0.4, -0.2) is 69.5 Å². The molecule has 32 heavy (non-hydrogen) atoms. The van der Waals surface area contributed by atoms with E-state index in [1.807, 2.05) is 44.2 Å². The number of amides is 2. The van der Waals surface area contributed by atoms with Crippen molar-refractivity contribution in [2.75, 3.05) is 50.7 Å². The summed E-state index contributed by atoms with van der Waals surface area (Å²) in [6.07, 6.45) is 1.05. The van der Waals surface area contributed by atoms with E-state index in [1.165, 1.54) is 9.99 Å². The van der Waals surface area contributed by atoms with E-state index in [2.05, 4.69) is 22.3 Å². The molecule has 0 spiro atoms. The van der Waals surface area contributed by atoms with Crippen LogP contribution >= 0.6 is 0 Å². The van der Waals surface area contributed by atoms with E-state index in [4.69, 9.17) is 0 Å². The highest BCUT2D eigenvalue weighted by Gasteiger charge is 2.31. The predicted octanol–water partition coefficient (Wildman–Crippen LogP) is 2.85. The van der Waals surface area contributed by atoms with Crippen molar-refractivity contribution in [1.29, 1.82) is 0 Å². The lowest BCUT2D eigenvalue weighted by atomic mass is 10.1. The third-order valence-corrected chi connectivity index (χ3v) is 8.48. The molecule has 2 amide bonds. The summed E-state index contributed by atoms with van der Waals surface area (Å²) in [4.78, 5) is 17.1. The molecule has 0 bridgehead atoms. The van der Waals surface area contributed by atoms with Gasteiger partial charge in [0.1, 0.15) is 0 Å². The topological polar surface area (TPSA) is 73.0 Å². The first-order valence-electron chi connectivity index (χ1n) is 11.2. The van der Waals surface area contributed by atoms with E-state index in [0.717, 1.165) is 30.6 Å². The van der Waals surface area contributed by atoms with Crippen LogP contribution in [-0.2, 0) is 10.0 Å². The number of rotatable bonds is 5. The first kappa shape index (κ1) is 22.6. The maximum Gasteiger partial charge on any atom is 0.317 e. The SMILES string of the molecule is Cc1ccc(S(=O)(=O)N2CCN(C(=O)NCC3CCN(c4ccccc4)C3)CC2)c(C)c1. The van der Waals surface area contributed by atoms with Crippen LogP contribution in [0.3, 0.4) is 0 Å². The molecular weight excluding hydrogens is 424 g/mol. The molecule has 0 aromatic heterocycles. The Morgan fingerprint density at radius 2 is 1.72 bits per heavy atom. The molecule has 1 N–H and O–H groups in total. The lowest BCUT2D eigenvalue weighted by Crippen LogP contribution is -2.53. The van der Waals surface area contributed by atoms with Gasteiger partial charge < -0.3 is 15.1 Å². The number of urea groups is 1. The lowest BCUT2D eigenvalue weighted by molar-refractivity contribution is 0.171. The molecule has 2 aliphatic rings. The standard InChI is InChI=1S/C24H32N4O3S/c1-19-8-9-23(20(2)16-19)32(30,31)28-14-12-26(13-15-28)24(29)25-17-21-10-11-27(18-21)22-6-4-3-5-7-22/h3-9,16,21H,10-15,17-18H2,1-2H3,(H,25,29). The molecule has 2 aromatic rings. The smallest absolute Gasteiger partial charge is 0.317 e. The van der Waals surface area contributed by atoms with Gasteiger partial charge in [0.15, 0.2) is 0 Å². The Morgan fingerprint density at radius 3 is 2.41 bits per heavy atom. The molecule has 2 aliphatic heterocycles. The summed E-state index contributed by atoms with van der Waals surface area (Å²) in [5.41, 5.74) is 3.02. The number of hydrogen-bond donors (Lipinski definition) is 1. The quantitative estimate of drug-likeness (QED) is 0.751. The third kappa shape index (κ3) is 4.91. The summed E-state index contributed by atoms with van der Waals surface area (Å²) >= 11 is 0. The van der Waals surface area contributed by atoms with Crippen molar-refractivity contribution in [2.24, 2.45) is 5.92 Å². The summed E-state index contributed by atoms with van der Waals surface area (Å²) in [5, 5.41) is 3.06. The van der Waals surface area contributed by atoms with E-state index in [0.29, 0.717) is 43.5 Å². The molecule has 1 atom stereocenters. The highest BCUT2D eigenvalue weighted by molar-refractivity contribution is 7.89. The number of anilines is 1. The highest BCUT2D eigenvalue weighted by Crippen LogP contribution is 2.24. The number of benzene rings is 2. The number of carbonyl (C=O) groups excluding carboxylic acids is 1. The van der Waals surface area contributed by atoms with E-state index in [9.17, 15) is 13.2 Å². The number of hydrogen-bond acceptors (Lipinski definition) is 4. The van der Waals surface area contributed by atoms with Crippen LogP contribution in [0, 0.1) is 19.8 Å². The Hall–Kier alpha value is -2.58. The average Bonchev–Trinajstić information content (AvgIpc) is 3.27. The van der Waals surface area contributed by atoms with Crippen molar-refractivity contribution in [3.05, 3.63) is 59.7 Å². The molecule has 2 heterocycles. The molecule has 7 nitrogen and oxygen atoms in total. The van der Waals surface area contributed by atoms with Crippen molar-refractivity contribution in [3.8, 4) is 0 Å². The summed E-state index contributed by atoms with van der Waals surface area (Å²) in [7, 11) is -3.55. The van der Waals surface area contributed by atoms with Gasteiger partial charge in [0, 0.05) is 51.5 Å². The third-order valence-electron chi connectivity index (χ3n) is 6.42. The van der Waals surface area contributed by atoms with Crippen molar-refractivity contribution in [2.45, 2.75) is 25.2 Å². The average molecular weight is 457 g/mol. The van der Waals surface area contributed by atoms with Crippen LogP contribution in [0.4, 0.5) is 10.5 Å². The van der Waals surface area contributed by atoms with E-state index >= 15 is 0 Å². The molecule has 2 fully saturated rings. The molecule has 4 rings (SSSR count). The van der Waals surface area contributed by atoms with Gasteiger partial charge in [0.25, 0.3) is 0 Å². The molecule has 0 radical (unpaired) electrons. The van der Waals surface area contributed by atoms with Gasteiger partial charge in [0.05, 0.1) is 4.90 Å². The number of aryl methyl sites for hydroxylation is 2. The first-order chi connectivity index (χ1) is 15.3. The van der Waals surface area contributed by atoms with Crippen molar-refractivity contribution < 1.29 is 13.2 Å². The largest absolute Gasteiger partial charge is 0.371 e. The maximum absolute atomic E-state index is 13.0. The molecule has 2 saturated heterocycles. The Bertz CT molecular complexity index is 1050. The maximum atomic E-state index is 13.0. The number of nitrogens with one attached hydrogen (secondary N) is 1. The molecular formula is C24H32N4O3S. The zero-order valence-electron chi connectivity index (χ0n) is 18.8. The number of nitrogens with zero attached hydrogens (tertiary/aromatic N) is 3. The van der Waals surface area contributed by atoms with Gasteiger partial charge in [-0.2, -0.15) is 4.31 Å². The summed E-state index contributed by atoms with van der Waals surface area (Å²) < 4.78 is 27.6. The van der Waals surface area contributed by atoms with Crippen LogP contribution in [0.15, 0.2) is 53.4 Å². The van der Waals surface area contributed by atoms with Crippen molar-refractivity contribution in [3.63, 3.8) is 0 Å². The molecule has 8 heteroatoms. The second-order valence-corrected chi connectivity index (χ2v) is 10.7. The minimum atomic E-state index is -3.55. The zero-order chi connectivity index (χ0) is 22.7. The fourth-order valence-corrected chi connectivity index (χ4v) is 6.20. The van der Waals surface area contributed by atoms with Crippen LogP contribution in [0.2, 0.25) is 0 Å². The first-order valence-corrected chi connectivity index (χ1v) is 12.7. The van der Waals surface area contributed by atoms with Gasteiger partial charge >= 0.3 is 6.03 Å². The van der Waals surface area contributed by atoms with Crippen molar-refractivity contribution in [1.82, 2.24) is 14.5 Å². The summed E-state index contributed by atoms with van der Waals surface area (Å²) in [5.74, 6) is 0.422. The molecule has 2 aromatic carbocycles. The van der Waals surface area contributed by atoms with Crippen LogP contribution in [0.1, 0.15) is 17.5 Å². The Morgan fingerprint density at radius 1 is 1.00 bits per heavy atom. The number of para-hydroxylation sites is 1. The second kappa shape index (κ2) is 9.50. The molecule has 0 aliphatic carbocycles. The van der Waals surface area contributed by atoms with Crippen LogP contribution in [0.25, 0.3) is 0 Å². The monoisotopic (exact) mass is 456 g/mol. The molecule has 0 saturated carbocycles. The Labute approximate surface area is 191 Å². The van der Waals surface area contributed by atoms with Gasteiger partial charge in [-0.05, 0) is 49.9 Å². The minimum absolute atomic E-state index is 0.105. The Balaban J connectivity index is 1.26.